The highest BCUT2D eigenvalue weighted by Crippen LogP contribution is 2.20. The van der Waals surface area contributed by atoms with Crippen LogP contribution in [0.3, 0.4) is 0 Å². The molecule has 116 valence electrons. The highest BCUT2D eigenvalue weighted by Gasteiger charge is 2.06. The maximum atomic E-state index is 11.9. The van der Waals surface area contributed by atoms with Crippen molar-refractivity contribution in [2.45, 2.75) is 0 Å². The van der Waals surface area contributed by atoms with Crippen molar-refractivity contribution < 1.29 is 13.9 Å². The van der Waals surface area contributed by atoms with Crippen LogP contribution in [0.1, 0.15) is 0 Å². The molecule has 0 radical (unpaired) electrons. The Labute approximate surface area is 146 Å². The summed E-state index contributed by atoms with van der Waals surface area (Å²) < 4.78 is 11.6. The number of nitrogens with one attached hydrogen (secondary N) is 1. The minimum absolute atomic E-state index is 0.0641. The second-order valence-electron chi connectivity index (χ2n) is 4.62. The molecule has 0 aliphatic carbocycles. The molecular weight excluding hydrogens is 409 g/mol. The molecule has 6 nitrogen and oxygen atoms in total. The average molecular weight is 421 g/mol. The summed E-state index contributed by atoms with van der Waals surface area (Å²) in [5.41, 5.74) is 1.54. The summed E-state index contributed by atoms with van der Waals surface area (Å²) in [7, 11) is 0. The maximum Gasteiger partial charge on any atom is 0.262 e. The molecule has 0 fully saturated rings. The van der Waals surface area contributed by atoms with Crippen LogP contribution in [-0.4, -0.2) is 22.7 Å². The monoisotopic (exact) mass is 421 g/mol. The molecule has 1 heterocycles. The Morgan fingerprint density at radius 1 is 1.22 bits per heavy atom. The van der Waals surface area contributed by atoms with Crippen molar-refractivity contribution in [2.75, 3.05) is 11.9 Å². The van der Waals surface area contributed by atoms with Gasteiger partial charge in [0.2, 0.25) is 12.3 Å². The van der Waals surface area contributed by atoms with Gasteiger partial charge in [-0.25, -0.2) is 0 Å². The summed E-state index contributed by atoms with van der Waals surface area (Å²) in [5, 5.41) is 10.2. The molecule has 0 bridgehead atoms. The zero-order chi connectivity index (χ0) is 16.1. The van der Waals surface area contributed by atoms with Gasteiger partial charge in [0.25, 0.3) is 5.91 Å². The van der Waals surface area contributed by atoms with E-state index in [0.717, 1.165) is 14.8 Å². The lowest BCUT2D eigenvalue weighted by Crippen LogP contribution is -2.20. The summed E-state index contributed by atoms with van der Waals surface area (Å²) in [4.78, 5) is 11.9. The number of hydrogen-bond acceptors (Lipinski definition) is 5. The van der Waals surface area contributed by atoms with E-state index in [1.807, 2.05) is 24.3 Å². The zero-order valence-electron chi connectivity index (χ0n) is 11.9. The fourth-order valence-electron chi connectivity index (χ4n) is 1.90. The molecule has 23 heavy (non-hydrogen) atoms. The van der Waals surface area contributed by atoms with E-state index in [1.165, 1.54) is 6.39 Å². The molecule has 2 aromatic carbocycles. The summed E-state index contributed by atoms with van der Waals surface area (Å²) in [6.07, 6.45) is 1.27. The number of aromatic nitrogens is 2. The van der Waals surface area contributed by atoms with Crippen LogP contribution >= 0.6 is 22.6 Å². The SMILES string of the molecule is O=C(COc1ccc(-c2nnco2)cc1)Nc1cccc(I)c1. The molecule has 1 aromatic heterocycles. The van der Waals surface area contributed by atoms with Gasteiger partial charge in [-0.15, -0.1) is 10.2 Å². The number of carbonyl (C=O) groups excluding carboxylic acids is 1. The molecule has 0 aliphatic rings. The maximum absolute atomic E-state index is 11.9. The molecular formula is C16H12IN3O3. The number of ether oxygens (including phenoxy) is 1. The minimum atomic E-state index is -0.215. The number of nitrogens with zero attached hydrogens (tertiary/aromatic N) is 2. The van der Waals surface area contributed by atoms with E-state index in [4.69, 9.17) is 9.15 Å². The molecule has 1 N–H and O–H groups in total. The number of rotatable bonds is 5. The van der Waals surface area contributed by atoms with Crippen LogP contribution in [0.25, 0.3) is 11.5 Å². The molecule has 1 amide bonds. The molecule has 3 aromatic rings. The van der Waals surface area contributed by atoms with Gasteiger partial charge >= 0.3 is 0 Å². The summed E-state index contributed by atoms with van der Waals surface area (Å²) in [6, 6.07) is 14.6. The van der Waals surface area contributed by atoms with Crippen LogP contribution in [0.5, 0.6) is 5.75 Å². The number of amides is 1. The third-order valence-corrected chi connectivity index (χ3v) is 3.61. The van der Waals surface area contributed by atoms with Crippen LogP contribution in [0.2, 0.25) is 0 Å². The largest absolute Gasteiger partial charge is 0.484 e. The second-order valence-corrected chi connectivity index (χ2v) is 5.86. The fourth-order valence-corrected chi connectivity index (χ4v) is 2.45. The molecule has 0 unspecified atom stereocenters. The van der Waals surface area contributed by atoms with Gasteiger partial charge in [0.15, 0.2) is 6.61 Å². The Morgan fingerprint density at radius 2 is 2.04 bits per heavy atom. The highest BCUT2D eigenvalue weighted by molar-refractivity contribution is 14.1. The third kappa shape index (κ3) is 4.28. The number of halogens is 1. The van der Waals surface area contributed by atoms with Gasteiger partial charge in [-0.3, -0.25) is 4.79 Å². The van der Waals surface area contributed by atoms with Gasteiger partial charge in [-0.1, -0.05) is 6.07 Å². The Hall–Kier alpha value is -2.42. The number of benzene rings is 2. The quantitative estimate of drug-likeness (QED) is 0.640. The standard InChI is InChI=1S/C16H12IN3O3/c17-12-2-1-3-13(8-12)19-15(21)9-22-14-6-4-11(5-7-14)16-20-18-10-23-16/h1-8,10H,9H2,(H,19,21). The topological polar surface area (TPSA) is 77.2 Å². The highest BCUT2D eigenvalue weighted by atomic mass is 127. The van der Waals surface area contributed by atoms with Crippen molar-refractivity contribution in [2.24, 2.45) is 0 Å². The van der Waals surface area contributed by atoms with E-state index in [0.29, 0.717) is 11.6 Å². The second kappa shape index (κ2) is 7.23. The molecule has 0 atom stereocenters. The van der Waals surface area contributed by atoms with Crippen molar-refractivity contribution in [3.63, 3.8) is 0 Å². The third-order valence-electron chi connectivity index (χ3n) is 2.94. The number of anilines is 1. The fraction of sp³-hybridized carbons (Fsp3) is 0.0625. The first kappa shape index (κ1) is 15.5. The molecule has 0 saturated heterocycles. The number of carbonyl (C=O) groups is 1. The van der Waals surface area contributed by atoms with E-state index in [2.05, 4.69) is 38.1 Å². The van der Waals surface area contributed by atoms with Crippen molar-refractivity contribution in [1.82, 2.24) is 10.2 Å². The van der Waals surface area contributed by atoms with Gasteiger partial charge in [0.1, 0.15) is 5.75 Å². The lowest BCUT2D eigenvalue weighted by molar-refractivity contribution is -0.118. The molecule has 3 rings (SSSR count). The van der Waals surface area contributed by atoms with Gasteiger partial charge in [0, 0.05) is 14.8 Å². The van der Waals surface area contributed by atoms with Crippen molar-refractivity contribution in [3.8, 4) is 17.2 Å². The van der Waals surface area contributed by atoms with Crippen LogP contribution < -0.4 is 10.1 Å². The summed E-state index contributed by atoms with van der Waals surface area (Å²) in [6.45, 7) is -0.0641. The predicted molar refractivity (Wildman–Crippen MR) is 93.0 cm³/mol. The molecule has 0 spiro atoms. The zero-order valence-corrected chi connectivity index (χ0v) is 14.1. The van der Waals surface area contributed by atoms with Gasteiger partial charge in [-0.2, -0.15) is 0 Å². The van der Waals surface area contributed by atoms with E-state index < -0.39 is 0 Å². The number of hydrogen-bond donors (Lipinski definition) is 1. The van der Waals surface area contributed by atoms with E-state index in [1.54, 1.807) is 24.3 Å². The average Bonchev–Trinajstić information content (AvgIpc) is 3.08. The van der Waals surface area contributed by atoms with E-state index in [9.17, 15) is 4.79 Å². The molecule has 7 heteroatoms. The predicted octanol–water partition coefficient (Wildman–Crippen LogP) is 3.36. The molecule has 0 saturated carbocycles. The summed E-state index contributed by atoms with van der Waals surface area (Å²) >= 11 is 2.19. The normalized spacial score (nSPS) is 10.3. The Balaban J connectivity index is 1.54. The van der Waals surface area contributed by atoms with E-state index >= 15 is 0 Å². The smallest absolute Gasteiger partial charge is 0.262 e. The van der Waals surface area contributed by atoms with Crippen LogP contribution in [0.4, 0.5) is 5.69 Å². The van der Waals surface area contributed by atoms with Crippen LogP contribution in [0, 0.1) is 3.57 Å². The first-order valence-electron chi connectivity index (χ1n) is 6.75. The Kier molecular flexibility index (Phi) is 4.86. The van der Waals surface area contributed by atoms with E-state index in [-0.39, 0.29) is 12.5 Å². The van der Waals surface area contributed by atoms with Gasteiger partial charge in [-0.05, 0) is 65.1 Å². The van der Waals surface area contributed by atoms with Crippen LogP contribution in [0.15, 0.2) is 59.3 Å². The molecule has 0 aliphatic heterocycles. The summed E-state index contributed by atoms with van der Waals surface area (Å²) in [5.74, 6) is 0.812. The lowest BCUT2D eigenvalue weighted by Gasteiger charge is -2.08. The van der Waals surface area contributed by atoms with Gasteiger partial charge in [0.05, 0.1) is 0 Å². The lowest BCUT2D eigenvalue weighted by atomic mass is 10.2. The van der Waals surface area contributed by atoms with Crippen molar-refractivity contribution in [1.29, 1.82) is 0 Å². The first-order chi connectivity index (χ1) is 11.2. The van der Waals surface area contributed by atoms with Crippen molar-refractivity contribution >= 4 is 34.2 Å². The Morgan fingerprint density at radius 3 is 2.74 bits per heavy atom. The van der Waals surface area contributed by atoms with Crippen LogP contribution in [-0.2, 0) is 4.79 Å². The van der Waals surface area contributed by atoms with Gasteiger partial charge < -0.3 is 14.5 Å². The first-order valence-corrected chi connectivity index (χ1v) is 7.83. The minimum Gasteiger partial charge on any atom is -0.484 e. The Bertz CT molecular complexity index is 789. The van der Waals surface area contributed by atoms with Crippen molar-refractivity contribution in [3.05, 3.63) is 58.5 Å².